The number of carbonyl (C=O) groups excluding carboxylic acids is 2. The number of hydrogen-bond donors (Lipinski definition) is 2. The molecule has 2 N–H and O–H groups in total. The fourth-order valence-corrected chi connectivity index (χ4v) is 3.05. The Morgan fingerprint density at radius 1 is 1.00 bits per heavy atom. The zero-order valence-corrected chi connectivity index (χ0v) is 14.8. The van der Waals surface area contributed by atoms with Crippen molar-refractivity contribution >= 4 is 51.5 Å². The first-order valence-electron chi connectivity index (χ1n) is 8.22. The number of urea groups is 1. The highest BCUT2D eigenvalue weighted by Gasteiger charge is 2.22. The predicted molar refractivity (Wildman–Crippen MR) is 105 cm³/mol. The molecule has 134 valence electrons. The Kier molecular flexibility index (Phi) is 4.48. The Morgan fingerprint density at radius 2 is 1.81 bits per heavy atom. The molecule has 1 aliphatic heterocycles. The second kappa shape index (κ2) is 7.09. The van der Waals surface area contributed by atoms with Gasteiger partial charge < -0.3 is 15.5 Å². The average molecular weight is 380 g/mol. The standard InChI is InChI=1S/C20H14ClN3O3/c21-14-6-8-16(18-11-19(25)27-24-18)17(10-14)23-20(26)22-15-7-5-12-3-1-2-4-13(12)9-15/h1-10H,11H2,(H2,22,23,26). The van der Waals surface area contributed by atoms with Crippen molar-refractivity contribution in [2.75, 3.05) is 10.6 Å². The van der Waals surface area contributed by atoms with Crippen LogP contribution in [-0.2, 0) is 9.63 Å². The fraction of sp³-hybridized carbons (Fsp3) is 0.0500. The van der Waals surface area contributed by atoms with Crippen molar-refractivity contribution in [1.82, 2.24) is 0 Å². The average Bonchev–Trinajstić information content (AvgIpc) is 3.08. The summed E-state index contributed by atoms with van der Waals surface area (Å²) in [4.78, 5) is 28.4. The molecule has 0 atom stereocenters. The van der Waals surface area contributed by atoms with Crippen LogP contribution in [0.1, 0.15) is 12.0 Å². The number of anilines is 2. The van der Waals surface area contributed by atoms with E-state index in [2.05, 4.69) is 20.6 Å². The van der Waals surface area contributed by atoms with Crippen molar-refractivity contribution in [2.24, 2.45) is 5.16 Å². The second-order valence-corrected chi connectivity index (χ2v) is 6.45. The van der Waals surface area contributed by atoms with Gasteiger partial charge in [0.1, 0.15) is 5.71 Å². The Labute approximate surface area is 159 Å². The molecule has 1 heterocycles. The van der Waals surface area contributed by atoms with E-state index >= 15 is 0 Å². The number of nitrogens with one attached hydrogen (secondary N) is 2. The second-order valence-electron chi connectivity index (χ2n) is 6.01. The monoisotopic (exact) mass is 379 g/mol. The number of rotatable bonds is 3. The van der Waals surface area contributed by atoms with Gasteiger partial charge in [-0.2, -0.15) is 0 Å². The van der Waals surface area contributed by atoms with E-state index in [4.69, 9.17) is 11.6 Å². The molecular weight excluding hydrogens is 366 g/mol. The lowest BCUT2D eigenvalue weighted by atomic mass is 10.1. The van der Waals surface area contributed by atoms with E-state index in [0.29, 0.717) is 27.7 Å². The number of oxime groups is 1. The molecule has 0 aromatic heterocycles. The van der Waals surface area contributed by atoms with Gasteiger partial charge in [-0.1, -0.05) is 47.1 Å². The van der Waals surface area contributed by atoms with E-state index in [0.717, 1.165) is 10.8 Å². The first-order chi connectivity index (χ1) is 13.1. The Balaban J connectivity index is 1.55. The van der Waals surface area contributed by atoms with Gasteiger partial charge >= 0.3 is 12.0 Å². The lowest BCUT2D eigenvalue weighted by Gasteiger charge is -2.12. The van der Waals surface area contributed by atoms with Gasteiger partial charge in [0.15, 0.2) is 0 Å². The van der Waals surface area contributed by atoms with Gasteiger partial charge in [0, 0.05) is 16.3 Å². The molecule has 0 unspecified atom stereocenters. The van der Waals surface area contributed by atoms with E-state index in [1.807, 2.05) is 42.5 Å². The molecule has 0 spiro atoms. The molecule has 0 fully saturated rings. The van der Waals surface area contributed by atoms with Crippen molar-refractivity contribution in [3.05, 3.63) is 71.2 Å². The van der Waals surface area contributed by atoms with Gasteiger partial charge in [-0.05, 0) is 41.1 Å². The van der Waals surface area contributed by atoms with E-state index < -0.39 is 12.0 Å². The summed E-state index contributed by atoms with van der Waals surface area (Å²) in [6.45, 7) is 0. The summed E-state index contributed by atoms with van der Waals surface area (Å²) in [5.74, 6) is -0.438. The van der Waals surface area contributed by atoms with Crippen LogP contribution < -0.4 is 10.6 Å². The highest BCUT2D eigenvalue weighted by molar-refractivity contribution is 6.31. The maximum Gasteiger partial charge on any atom is 0.341 e. The highest BCUT2D eigenvalue weighted by atomic mass is 35.5. The minimum absolute atomic E-state index is 0.0443. The molecule has 0 bridgehead atoms. The van der Waals surface area contributed by atoms with Crippen LogP contribution in [0.15, 0.2) is 65.8 Å². The van der Waals surface area contributed by atoms with Gasteiger partial charge in [-0.3, -0.25) is 0 Å². The summed E-state index contributed by atoms with van der Waals surface area (Å²) in [6, 6.07) is 18.1. The number of nitrogens with zero attached hydrogens (tertiary/aromatic N) is 1. The number of benzene rings is 3. The van der Waals surface area contributed by atoms with Gasteiger partial charge in [-0.15, -0.1) is 0 Å². The van der Waals surface area contributed by atoms with Crippen LogP contribution in [0.25, 0.3) is 10.8 Å². The normalized spacial score (nSPS) is 13.2. The summed E-state index contributed by atoms with van der Waals surface area (Å²) in [6.07, 6.45) is 0.0443. The Morgan fingerprint density at radius 3 is 2.59 bits per heavy atom. The zero-order chi connectivity index (χ0) is 18.8. The fourth-order valence-electron chi connectivity index (χ4n) is 2.87. The van der Waals surface area contributed by atoms with Gasteiger partial charge in [0.05, 0.1) is 12.1 Å². The number of amides is 2. The Hall–Kier alpha value is -3.38. The molecule has 7 heteroatoms. The van der Waals surface area contributed by atoms with E-state index in [1.54, 1.807) is 18.2 Å². The van der Waals surface area contributed by atoms with Crippen LogP contribution in [0.2, 0.25) is 5.02 Å². The largest absolute Gasteiger partial charge is 0.341 e. The van der Waals surface area contributed by atoms with Crippen molar-refractivity contribution in [2.45, 2.75) is 6.42 Å². The third kappa shape index (κ3) is 3.75. The van der Waals surface area contributed by atoms with Crippen LogP contribution in [-0.4, -0.2) is 17.7 Å². The minimum Gasteiger partial charge on any atom is -0.318 e. The van der Waals surface area contributed by atoms with Crippen LogP contribution in [0, 0.1) is 0 Å². The molecule has 0 radical (unpaired) electrons. The van der Waals surface area contributed by atoms with Gasteiger partial charge in [-0.25, -0.2) is 9.59 Å². The van der Waals surface area contributed by atoms with Crippen LogP contribution in [0.5, 0.6) is 0 Å². The molecule has 3 aromatic carbocycles. The van der Waals surface area contributed by atoms with E-state index in [1.165, 1.54) is 0 Å². The first-order valence-corrected chi connectivity index (χ1v) is 8.60. The topological polar surface area (TPSA) is 79.8 Å². The molecular formula is C20H14ClN3O3. The van der Waals surface area contributed by atoms with Crippen molar-refractivity contribution in [3.63, 3.8) is 0 Å². The Bertz CT molecular complexity index is 1090. The lowest BCUT2D eigenvalue weighted by Crippen LogP contribution is -2.21. The predicted octanol–water partition coefficient (Wildman–Crippen LogP) is 4.79. The molecule has 0 aliphatic carbocycles. The molecule has 4 rings (SSSR count). The molecule has 0 saturated carbocycles. The van der Waals surface area contributed by atoms with Crippen molar-refractivity contribution in [1.29, 1.82) is 0 Å². The number of halogens is 1. The van der Waals surface area contributed by atoms with Crippen LogP contribution in [0.4, 0.5) is 16.2 Å². The summed E-state index contributed by atoms with van der Waals surface area (Å²) < 4.78 is 0. The molecule has 3 aromatic rings. The molecule has 6 nitrogen and oxygen atoms in total. The first kappa shape index (κ1) is 17.1. The van der Waals surface area contributed by atoms with Crippen molar-refractivity contribution in [3.8, 4) is 0 Å². The lowest BCUT2D eigenvalue weighted by molar-refractivity contribution is -0.140. The third-order valence-electron chi connectivity index (χ3n) is 4.12. The van der Waals surface area contributed by atoms with Crippen LogP contribution >= 0.6 is 11.6 Å². The SMILES string of the molecule is O=C(Nc1ccc2ccccc2c1)Nc1cc(Cl)ccc1C1=NOC(=O)C1. The molecule has 1 aliphatic rings. The summed E-state index contributed by atoms with van der Waals surface area (Å²) in [5, 5.41) is 11.9. The zero-order valence-electron chi connectivity index (χ0n) is 14.0. The van der Waals surface area contributed by atoms with E-state index in [9.17, 15) is 9.59 Å². The summed E-state index contributed by atoms with van der Waals surface area (Å²) in [7, 11) is 0. The molecule has 27 heavy (non-hydrogen) atoms. The molecule has 0 saturated heterocycles. The number of hydrogen-bond acceptors (Lipinski definition) is 4. The maximum absolute atomic E-state index is 12.5. The summed E-state index contributed by atoms with van der Waals surface area (Å²) >= 11 is 6.05. The van der Waals surface area contributed by atoms with Gasteiger partial charge in [0.2, 0.25) is 0 Å². The van der Waals surface area contributed by atoms with Gasteiger partial charge in [0.25, 0.3) is 0 Å². The number of carbonyl (C=O) groups is 2. The maximum atomic E-state index is 12.5. The molecule has 2 amide bonds. The summed E-state index contributed by atoms with van der Waals surface area (Å²) in [5.41, 5.74) is 2.13. The quantitative estimate of drug-likeness (QED) is 0.642. The highest BCUT2D eigenvalue weighted by Crippen LogP contribution is 2.25. The third-order valence-corrected chi connectivity index (χ3v) is 4.35. The van der Waals surface area contributed by atoms with E-state index in [-0.39, 0.29) is 6.42 Å². The van der Waals surface area contributed by atoms with Crippen molar-refractivity contribution < 1.29 is 14.4 Å². The smallest absolute Gasteiger partial charge is 0.318 e. The van der Waals surface area contributed by atoms with Crippen LogP contribution in [0.3, 0.4) is 0 Å². The minimum atomic E-state index is -0.438. The number of fused-ring (bicyclic) bond motifs is 1.